The van der Waals surface area contributed by atoms with Crippen molar-refractivity contribution in [2.24, 2.45) is 0 Å². The van der Waals surface area contributed by atoms with Crippen LogP contribution in [-0.4, -0.2) is 44.1 Å². The molecular formula is C20H21NO5S. The molecule has 1 heterocycles. The quantitative estimate of drug-likeness (QED) is 0.752. The molecule has 0 radical (unpaired) electrons. The van der Waals surface area contributed by atoms with E-state index in [1.54, 1.807) is 11.8 Å². The van der Waals surface area contributed by atoms with Gasteiger partial charge in [-0.05, 0) is 48.7 Å². The lowest BCUT2D eigenvalue weighted by Gasteiger charge is -2.30. The molecule has 1 aliphatic heterocycles. The van der Waals surface area contributed by atoms with Gasteiger partial charge in [-0.3, -0.25) is 4.79 Å². The van der Waals surface area contributed by atoms with Gasteiger partial charge in [0.2, 0.25) is 0 Å². The minimum absolute atomic E-state index is 0.121. The fourth-order valence-electron chi connectivity index (χ4n) is 3.06. The zero-order valence-electron chi connectivity index (χ0n) is 15.2. The van der Waals surface area contributed by atoms with Crippen molar-refractivity contribution in [3.8, 4) is 0 Å². The van der Waals surface area contributed by atoms with Crippen LogP contribution in [0.25, 0.3) is 0 Å². The number of nitrogens with zero attached hydrogens (tertiary/aromatic N) is 1. The van der Waals surface area contributed by atoms with Crippen LogP contribution in [0.1, 0.15) is 28.4 Å². The van der Waals surface area contributed by atoms with Gasteiger partial charge < -0.3 is 9.64 Å². The summed E-state index contributed by atoms with van der Waals surface area (Å²) < 4.78 is 28.2. The van der Waals surface area contributed by atoms with Crippen molar-refractivity contribution in [1.29, 1.82) is 0 Å². The number of fused-ring (bicyclic) bond motifs is 1. The number of carbonyl (C=O) groups is 2. The highest BCUT2D eigenvalue weighted by molar-refractivity contribution is 7.90. The summed E-state index contributed by atoms with van der Waals surface area (Å²) in [6.07, 6.45) is 0.949. The van der Waals surface area contributed by atoms with Crippen LogP contribution in [0, 0.1) is 0 Å². The van der Waals surface area contributed by atoms with Gasteiger partial charge in [0.25, 0.3) is 5.91 Å². The predicted octanol–water partition coefficient (Wildman–Crippen LogP) is 2.22. The smallest absolute Gasteiger partial charge is 0.338 e. The average molecular weight is 387 g/mol. The van der Waals surface area contributed by atoms with Crippen molar-refractivity contribution in [3.63, 3.8) is 0 Å². The lowest BCUT2D eigenvalue weighted by molar-refractivity contribution is -0.140. The predicted molar refractivity (Wildman–Crippen MR) is 100.0 cm³/mol. The lowest BCUT2D eigenvalue weighted by atomic mass is 9.99. The molecule has 1 unspecified atom stereocenters. The first-order valence-electron chi connectivity index (χ1n) is 8.62. The van der Waals surface area contributed by atoms with E-state index in [2.05, 4.69) is 6.07 Å². The number of rotatable bonds is 4. The number of amides is 1. The fraction of sp³-hybridized carbons (Fsp3) is 0.300. The number of benzene rings is 2. The number of hydrogen-bond acceptors (Lipinski definition) is 5. The van der Waals surface area contributed by atoms with Gasteiger partial charge in [0.15, 0.2) is 15.9 Å². The lowest BCUT2D eigenvalue weighted by Crippen LogP contribution is -2.42. The van der Waals surface area contributed by atoms with E-state index in [-0.39, 0.29) is 16.4 Å². The zero-order chi connectivity index (χ0) is 19.6. The second-order valence-corrected chi connectivity index (χ2v) is 8.64. The van der Waals surface area contributed by atoms with Gasteiger partial charge in [0.05, 0.1) is 10.5 Å². The topological polar surface area (TPSA) is 80.8 Å². The Hall–Kier alpha value is -2.67. The largest absolute Gasteiger partial charge is 0.449 e. The first kappa shape index (κ1) is 19.1. The van der Waals surface area contributed by atoms with E-state index in [1.165, 1.54) is 29.8 Å². The van der Waals surface area contributed by atoms with Crippen molar-refractivity contribution < 1.29 is 22.7 Å². The molecule has 142 valence electrons. The standard InChI is InChI=1S/C20H21NO5S/c1-14(19(22)21-12-11-15-5-3-4-6-17(15)13-21)26-20(23)16-7-9-18(10-8-16)27(2,24)25/h3-10,14H,11-13H2,1-2H3. The molecule has 3 rings (SSSR count). The summed E-state index contributed by atoms with van der Waals surface area (Å²) >= 11 is 0. The number of ether oxygens (including phenoxy) is 1. The van der Waals surface area contributed by atoms with Crippen LogP contribution in [0.2, 0.25) is 0 Å². The summed E-state index contributed by atoms with van der Waals surface area (Å²) in [5, 5.41) is 0. The van der Waals surface area contributed by atoms with E-state index in [4.69, 9.17) is 4.74 Å². The third kappa shape index (κ3) is 4.36. The van der Waals surface area contributed by atoms with Crippen LogP contribution < -0.4 is 0 Å². The minimum atomic E-state index is -3.33. The Labute approximate surface area is 158 Å². The first-order chi connectivity index (χ1) is 12.8. The fourth-order valence-corrected chi connectivity index (χ4v) is 3.69. The Balaban J connectivity index is 1.64. The van der Waals surface area contributed by atoms with Crippen LogP contribution >= 0.6 is 0 Å². The minimum Gasteiger partial charge on any atom is -0.449 e. The van der Waals surface area contributed by atoms with Crippen molar-refractivity contribution in [2.45, 2.75) is 30.9 Å². The average Bonchev–Trinajstić information content (AvgIpc) is 2.66. The van der Waals surface area contributed by atoms with Crippen LogP contribution in [-0.2, 0) is 32.3 Å². The zero-order valence-corrected chi connectivity index (χ0v) is 16.0. The van der Waals surface area contributed by atoms with Gasteiger partial charge in [-0.2, -0.15) is 0 Å². The molecule has 6 nitrogen and oxygen atoms in total. The molecule has 0 bridgehead atoms. The highest BCUT2D eigenvalue weighted by atomic mass is 32.2. The number of hydrogen-bond donors (Lipinski definition) is 0. The normalized spacial score (nSPS) is 15.0. The maximum Gasteiger partial charge on any atom is 0.338 e. The van der Waals surface area contributed by atoms with E-state index < -0.39 is 21.9 Å². The molecule has 1 aliphatic rings. The molecule has 0 spiro atoms. The van der Waals surface area contributed by atoms with Gasteiger partial charge in [0.1, 0.15) is 0 Å². The van der Waals surface area contributed by atoms with Crippen LogP contribution in [0.4, 0.5) is 0 Å². The van der Waals surface area contributed by atoms with Gasteiger partial charge >= 0.3 is 5.97 Å². The Kier molecular flexibility index (Phi) is 5.32. The van der Waals surface area contributed by atoms with Gasteiger partial charge in [-0.1, -0.05) is 24.3 Å². The Morgan fingerprint density at radius 2 is 1.67 bits per heavy atom. The molecule has 2 aromatic rings. The number of carbonyl (C=O) groups excluding carboxylic acids is 2. The summed E-state index contributed by atoms with van der Waals surface area (Å²) in [4.78, 5) is 26.7. The van der Waals surface area contributed by atoms with Crippen molar-refractivity contribution >= 4 is 21.7 Å². The molecule has 0 aromatic heterocycles. The summed E-state index contributed by atoms with van der Waals surface area (Å²) in [5.41, 5.74) is 2.54. The molecule has 0 N–H and O–H groups in total. The monoisotopic (exact) mass is 387 g/mol. The maximum absolute atomic E-state index is 12.6. The molecule has 27 heavy (non-hydrogen) atoms. The molecule has 0 saturated heterocycles. The van der Waals surface area contributed by atoms with Gasteiger partial charge in [-0.25, -0.2) is 13.2 Å². The Morgan fingerprint density at radius 1 is 1.04 bits per heavy atom. The van der Waals surface area contributed by atoms with Crippen LogP contribution in [0.15, 0.2) is 53.4 Å². The van der Waals surface area contributed by atoms with Crippen molar-refractivity contribution in [1.82, 2.24) is 4.90 Å². The molecule has 0 fully saturated rings. The third-order valence-corrected chi connectivity index (χ3v) is 5.72. The van der Waals surface area contributed by atoms with Crippen molar-refractivity contribution in [3.05, 3.63) is 65.2 Å². The van der Waals surface area contributed by atoms with Gasteiger partial charge in [0, 0.05) is 19.3 Å². The van der Waals surface area contributed by atoms with E-state index in [0.29, 0.717) is 13.1 Å². The van der Waals surface area contributed by atoms with E-state index in [1.807, 2.05) is 18.2 Å². The van der Waals surface area contributed by atoms with E-state index >= 15 is 0 Å². The molecule has 2 aromatic carbocycles. The molecule has 7 heteroatoms. The highest BCUT2D eigenvalue weighted by Crippen LogP contribution is 2.20. The Morgan fingerprint density at radius 3 is 2.30 bits per heavy atom. The van der Waals surface area contributed by atoms with E-state index in [9.17, 15) is 18.0 Å². The van der Waals surface area contributed by atoms with E-state index in [0.717, 1.165) is 18.2 Å². The summed E-state index contributed by atoms with van der Waals surface area (Å²) in [5.74, 6) is -0.904. The van der Waals surface area contributed by atoms with Crippen molar-refractivity contribution in [2.75, 3.05) is 12.8 Å². The molecule has 1 atom stereocenters. The Bertz CT molecular complexity index is 966. The molecule has 0 saturated carbocycles. The van der Waals surface area contributed by atoms with Crippen LogP contribution in [0.3, 0.4) is 0 Å². The molecule has 0 aliphatic carbocycles. The summed E-state index contributed by atoms with van der Waals surface area (Å²) in [6, 6.07) is 13.4. The summed E-state index contributed by atoms with van der Waals surface area (Å²) in [6.45, 7) is 2.63. The molecular weight excluding hydrogens is 366 g/mol. The number of esters is 1. The van der Waals surface area contributed by atoms with Crippen LogP contribution in [0.5, 0.6) is 0 Å². The third-order valence-electron chi connectivity index (χ3n) is 4.59. The summed E-state index contributed by atoms with van der Waals surface area (Å²) in [7, 11) is -3.33. The SMILES string of the molecule is CC(OC(=O)c1ccc(S(C)(=O)=O)cc1)C(=O)N1CCc2ccccc2C1. The second-order valence-electron chi connectivity index (χ2n) is 6.62. The second kappa shape index (κ2) is 7.52. The molecule has 1 amide bonds. The highest BCUT2D eigenvalue weighted by Gasteiger charge is 2.27. The van der Waals surface area contributed by atoms with Gasteiger partial charge in [-0.15, -0.1) is 0 Å². The number of sulfone groups is 1. The maximum atomic E-state index is 12.6. The first-order valence-corrected chi connectivity index (χ1v) is 10.5.